The first-order valence-corrected chi connectivity index (χ1v) is 7.43. The molecule has 0 unspecified atom stereocenters. The van der Waals surface area contributed by atoms with E-state index < -0.39 is 0 Å². The maximum absolute atomic E-state index is 12.3. The number of anilines is 1. The predicted octanol–water partition coefficient (Wildman–Crippen LogP) is 3.22. The average molecular weight is 303 g/mol. The third-order valence-corrected chi connectivity index (χ3v) is 3.29. The molecule has 2 aromatic rings. The molecule has 0 spiro atoms. The Labute approximate surface area is 131 Å². The first kappa shape index (κ1) is 16.3. The van der Waals surface area contributed by atoms with Crippen LogP contribution >= 0.6 is 0 Å². The van der Waals surface area contributed by atoms with Crippen LogP contribution in [-0.2, 0) is 11.0 Å². The number of hydrogen-bond acceptors (Lipinski definition) is 3. The molecular weight excluding hydrogens is 278 g/mol. The predicted molar refractivity (Wildman–Crippen MR) is 87.2 cm³/mol. The Morgan fingerprint density at radius 1 is 1.18 bits per heavy atom. The lowest BCUT2D eigenvalue weighted by Gasteiger charge is -2.22. The Hall–Kier alpha value is -2.11. The largest absolute Gasteiger partial charge is 0.305 e. The topological polar surface area (TPSA) is 75.6 Å². The number of carbonyl (C=O) groups excluding carboxylic acids is 1. The van der Waals surface area contributed by atoms with Gasteiger partial charge in [0.15, 0.2) is 5.69 Å². The zero-order valence-electron chi connectivity index (χ0n) is 14.4. The summed E-state index contributed by atoms with van der Waals surface area (Å²) in [5, 5.41) is 14.4. The molecule has 0 fully saturated rings. The van der Waals surface area contributed by atoms with E-state index in [1.54, 1.807) is 6.07 Å². The molecule has 6 heteroatoms. The third kappa shape index (κ3) is 3.37. The van der Waals surface area contributed by atoms with Crippen LogP contribution in [0.3, 0.4) is 0 Å². The van der Waals surface area contributed by atoms with E-state index in [4.69, 9.17) is 0 Å². The number of aryl methyl sites for hydroxylation is 1. The van der Waals surface area contributed by atoms with Gasteiger partial charge in [-0.15, -0.1) is 0 Å². The van der Waals surface area contributed by atoms with Crippen molar-refractivity contribution in [3.63, 3.8) is 0 Å². The average Bonchev–Trinajstić information content (AvgIpc) is 2.93. The summed E-state index contributed by atoms with van der Waals surface area (Å²) in [5.74, 6) is 0.443. The van der Waals surface area contributed by atoms with E-state index in [2.05, 4.69) is 62.2 Å². The standard InChI is InChI=1S/C16H25N5O/c1-10-8-11(19-18-10)14(22)17-13-9-12(15(2,3)4)20-21(13)16(5,6)7/h8-9H,1-7H3,(H,17,22)(H,18,19). The number of carbonyl (C=O) groups is 1. The molecule has 2 aromatic heterocycles. The van der Waals surface area contributed by atoms with Gasteiger partial charge in [0, 0.05) is 17.2 Å². The van der Waals surface area contributed by atoms with Gasteiger partial charge in [-0.1, -0.05) is 20.8 Å². The zero-order valence-corrected chi connectivity index (χ0v) is 14.4. The number of nitrogens with zero attached hydrogens (tertiary/aromatic N) is 3. The second-order valence-electron chi connectivity index (χ2n) is 7.64. The minimum Gasteiger partial charge on any atom is -0.305 e. The minimum atomic E-state index is -0.241. The summed E-state index contributed by atoms with van der Waals surface area (Å²) in [6.45, 7) is 14.3. The fourth-order valence-electron chi connectivity index (χ4n) is 2.06. The molecule has 2 N–H and O–H groups in total. The quantitative estimate of drug-likeness (QED) is 0.894. The number of rotatable bonds is 2. The molecule has 2 rings (SSSR count). The Balaban J connectivity index is 2.37. The lowest BCUT2D eigenvalue weighted by atomic mass is 9.92. The van der Waals surface area contributed by atoms with Crippen LogP contribution in [0.2, 0.25) is 0 Å². The van der Waals surface area contributed by atoms with E-state index in [0.29, 0.717) is 11.5 Å². The lowest BCUT2D eigenvalue weighted by Crippen LogP contribution is -2.27. The molecule has 2 heterocycles. The van der Waals surface area contributed by atoms with Crippen LogP contribution in [0.5, 0.6) is 0 Å². The molecule has 22 heavy (non-hydrogen) atoms. The van der Waals surface area contributed by atoms with Gasteiger partial charge in [-0.05, 0) is 33.8 Å². The molecule has 0 saturated heterocycles. The molecule has 0 radical (unpaired) electrons. The monoisotopic (exact) mass is 303 g/mol. The van der Waals surface area contributed by atoms with Gasteiger partial charge in [-0.2, -0.15) is 10.2 Å². The second kappa shape index (κ2) is 5.26. The van der Waals surface area contributed by atoms with E-state index in [1.807, 2.05) is 17.7 Å². The maximum atomic E-state index is 12.3. The normalized spacial score (nSPS) is 12.5. The third-order valence-electron chi connectivity index (χ3n) is 3.29. The van der Waals surface area contributed by atoms with Crippen molar-refractivity contribution in [2.75, 3.05) is 5.32 Å². The maximum Gasteiger partial charge on any atom is 0.277 e. The van der Waals surface area contributed by atoms with Gasteiger partial charge in [0.2, 0.25) is 0 Å². The van der Waals surface area contributed by atoms with Crippen molar-refractivity contribution >= 4 is 11.7 Å². The highest BCUT2D eigenvalue weighted by atomic mass is 16.2. The van der Waals surface area contributed by atoms with E-state index in [-0.39, 0.29) is 16.9 Å². The molecule has 0 aromatic carbocycles. The summed E-state index contributed by atoms with van der Waals surface area (Å²) < 4.78 is 1.85. The van der Waals surface area contributed by atoms with Crippen LogP contribution < -0.4 is 5.32 Å². The minimum absolute atomic E-state index is 0.0844. The molecule has 0 aliphatic heterocycles. The van der Waals surface area contributed by atoms with Crippen LogP contribution in [0.25, 0.3) is 0 Å². The van der Waals surface area contributed by atoms with Gasteiger partial charge in [-0.3, -0.25) is 9.89 Å². The van der Waals surface area contributed by atoms with Crippen molar-refractivity contribution in [3.8, 4) is 0 Å². The number of aromatic amines is 1. The Bertz CT molecular complexity index is 682. The zero-order chi connectivity index (χ0) is 16.7. The van der Waals surface area contributed by atoms with Crippen LogP contribution in [0, 0.1) is 6.92 Å². The van der Waals surface area contributed by atoms with E-state index in [1.165, 1.54) is 0 Å². The molecule has 0 aliphatic carbocycles. The van der Waals surface area contributed by atoms with Gasteiger partial charge in [-0.25, -0.2) is 4.68 Å². The van der Waals surface area contributed by atoms with E-state index in [0.717, 1.165) is 11.4 Å². The van der Waals surface area contributed by atoms with Crippen molar-refractivity contribution in [2.45, 2.75) is 59.4 Å². The molecule has 0 aliphatic rings. The summed E-state index contributed by atoms with van der Waals surface area (Å²) in [4.78, 5) is 12.3. The molecular formula is C16H25N5O. The molecule has 0 atom stereocenters. The number of hydrogen-bond donors (Lipinski definition) is 2. The Morgan fingerprint density at radius 2 is 1.82 bits per heavy atom. The van der Waals surface area contributed by atoms with E-state index >= 15 is 0 Å². The molecule has 6 nitrogen and oxygen atoms in total. The summed E-state index contributed by atoms with van der Waals surface area (Å²) in [6, 6.07) is 3.65. The first-order chi connectivity index (χ1) is 9.98. The molecule has 0 bridgehead atoms. The van der Waals surface area contributed by atoms with Gasteiger partial charge >= 0.3 is 0 Å². The number of H-pyrrole nitrogens is 1. The van der Waals surface area contributed by atoms with Crippen molar-refractivity contribution < 1.29 is 4.79 Å². The summed E-state index contributed by atoms with van der Waals surface area (Å²) in [7, 11) is 0. The van der Waals surface area contributed by atoms with Crippen molar-refractivity contribution in [2.24, 2.45) is 0 Å². The van der Waals surface area contributed by atoms with Crippen molar-refractivity contribution in [1.29, 1.82) is 0 Å². The van der Waals surface area contributed by atoms with Crippen LogP contribution in [0.15, 0.2) is 12.1 Å². The molecule has 0 saturated carbocycles. The van der Waals surface area contributed by atoms with Crippen molar-refractivity contribution in [3.05, 3.63) is 29.2 Å². The van der Waals surface area contributed by atoms with Gasteiger partial charge in [0.05, 0.1) is 11.2 Å². The smallest absolute Gasteiger partial charge is 0.277 e. The lowest BCUT2D eigenvalue weighted by molar-refractivity contribution is 0.102. The Kier molecular flexibility index (Phi) is 3.89. The van der Waals surface area contributed by atoms with Gasteiger partial charge in [0.1, 0.15) is 5.82 Å². The highest BCUT2D eigenvalue weighted by molar-refractivity contribution is 6.02. The second-order valence-corrected chi connectivity index (χ2v) is 7.64. The summed E-state index contributed by atoms with van der Waals surface area (Å²) in [5.41, 5.74) is 1.85. The Morgan fingerprint density at radius 3 is 2.27 bits per heavy atom. The highest BCUT2D eigenvalue weighted by Crippen LogP contribution is 2.28. The fourth-order valence-corrected chi connectivity index (χ4v) is 2.06. The summed E-state index contributed by atoms with van der Waals surface area (Å²) >= 11 is 0. The van der Waals surface area contributed by atoms with Crippen LogP contribution in [0.4, 0.5) is 5.82 Å². The number of nitrogens with one attached hydrogen (secondary N) is 2. The number of amides is 1. The SMILES string of the molecule is Cc1cc(C(=O)Nc2cc(C(C)(C)C)nn2C(C)(C)C)n[nH]1. The van der Waals surface area contributed by atoms with Crippen LogP contribution in [-0.4, -0.2) is 25.9 Å². The van der Waals surface area contributed by atoms with Crippen LogP contribution in [0.1, 0.15) is 63.4 Å². The summed E-state index contributed by atoms with van der Waals surface area (Å²) in [6.07, 6.45) is 0. The van der Waals surface area contributed by atoms with Crippen molar-refractivity contribution in [1.82, 2.24) is 20.0 Å². The van der Waals surface area contributed by atoms with Gasteiger partial charge < -0.3 is 5.32 Å². The number of aromatic nitrogens is 4. The molecule has 120 valence electrons. The first-order valence-electron chi connectivity index (χ1n) is 7.43. The fraction of sp³-hybridized carbons (Fsp3) is 0.562. The van der Waals surface area contributed by atoms with E-state index in [9.17, 15) is 4.79 Å². The molecule has 1 amide bonds. The van der Waals surface area contributed by atoms with Gasteiger partial charge in [0.25, 0.3) is 5.91 Å². The highest BCUT2D eigenvalue weighted by Gasteiger charge is 2.26.